The Labute approximate surface area is 147 Å². The lowest BCUT2D eigenvalue weighted by Gasteiger charge is -2.61. The van der Waals surface area contributed by atoms with E-state index in [1.165, 1.54) is 32.1 Å². The molecule has 0 heterocycles. The normalized spacial score (nSPS) is 54.1. The molecule has 0 aromatic rings. The zero-order valence-corrected chi connectivity index (χ0v) is 15.9. The Bertz CT molecular complexity index is 528. The standard InChI is InChI=1S/C22H36O2/c1-4-10-22(24)13-9-19-17-6-5-15-14-16(23)7-11-20(15,2)18(17)8-12-21(19,22)3/h15,17-19,24H,4-14H2,1-3H3/t15-,17?,18?,19?,20-,21-,22-/m0/s1. The minimum Gasteiger partial charge on any atom is -0.389 e. The molecule has 3 unspecified atom stereocenters. The SMILES string of the molecule is CCC[C@]1(O)CCC2C3CC[C@H]4CC(=O)CC[C@]4(C)C3CC[C@@]21C. The fourth-order valence-electron chi connectivity index (χ4n) is 7.98. The van der Waals surface area contributed by atoms with Gasteiger partial charge in [-0.2, -0.15) is 0 Å². The molecule has 0 saturated heterocycles. The number of aliphatic hydroxyl groups is 1. The lowest BCUT2D eigenvalue weighted by molar-refractivity contribution is -0.158. The van der Waals surface area contributed by atoms with Gasteiger partial charge >= 0.3 is 0 Å². The van der Waals surface area contributed by atoms with Gasteiger partial charge in [-0.25, -0.2) is 0 Å². The van der Waals surface area contributed by atoms with Crippen LogP contribution in [0, 0.1) is 34.5 Å². The number of hydrogen-bond acceptors (Lipinski definition) is 2. The summed E-state index contributed by atoms with van der Waals surface area (Å²) in [5.41, 5.74) is 0.110. The van der Waals surface area contributed by atoms with Gasteiger partial charge in [0.2, 0.25) is 0 Å². The number of ketones is 1. The van der Waals surface area contributed by atoms with E-state index in [-0.39, 0.29) is 5.41 Å². The van der Waals surface area contributed by atoms with Gasteiger partial charge in [0.05, 0.1) is 5.60 Å². The van der Waals surface area contributed by atoms with Crippen LogP contribution >= 0.6 is 0 Å². The first-order valence-corrected chi connectivity index (χ1v) is 10.6. The average molecular weight is 333 g/mol. The molecule has 0 aliphatic heterocycles. The first-order chi connectivity index (χ1) is 11.3. The van der Waals surface area contributed by atoms with Gasteiger partial charge in [-0.05, 0) is 85.9 Å². The predicted molar refractivity (Wildman–Crippen MR) is 96.6 cm³/mol. The van der Waals surface area contributed by atoms with E-state index in [1.54, 1.807) is 0 Å². The third-order valence-electron chi connectivity index (χ3n) is 9.47. The largest absolute Gasteiger partial charge is 0.389 e. The fraction of sp³-hybridized carbons (Fsp3) is 0.955. The molecule has 4 rings (SSSR count). The van der Waals surface area contributed by atoms with E-state index in [0.717, 1.165) is 50.4 Å². The smallest absolute Gasteiger partial charge is 0.133 e. The Morgan fingerprint density at radius 1 is 1.04 bits per heavy atom. The first-order valence-electron chi connectivity index (χ1n) is 10.6. The average Bonchev–Trinajstić information content (AvgIpc) is 2.80. The summed E-state index contributed by atoms with van der Waals surface area (Å²) in [7, 11) is 0. The lowest BCUT2D eigenvalue weighted by Crippen LogP contribution is -2.56. The van der Waals surface area contributed by atoms with Crippen LogP contribution in [0.3, 0.4) is 0 Å². The van der Waals surface area contributed by atoms with Crippen LogP contribution in [-0.2, 0) is 4.79 Å². The van der Waals surface area contributed by atoms with E-state index in [2.05, 4.69) is 20.8 Å². The third-order valence-corrected chi connectivity index (χ3v) is 9.47. The van der Waals surface area contributed by atoms with Crippen LogP contribution in [0.15, 0.2) is 0 Å². The lowest BCUT2D eigenvalue weighted by atomic mass is 9.44. The molecule has 4 saturated carbocycles. The van der Waals surface area contributed by atoms with Gasteiger partial charge in [0, 0.05) is 12.8 Å². The maximum atomic E-state index is 12.0. The zero-order chi connectivity index (χ0) is 17.2. The molecule has 2 nitrogen and oxygen atoms in total. The molecular formula is C22H36O2. The summed E-state index contributed by atoms with van der Waals surface area (Å²) in [5, 5.41) is 11.4. The third kappa shape index (κ3) is 2.14. The second kappa shape index (κ2) is 5.56. The van der Waals surface area contributed by atoms with Crippen LogP contribution in [0.4, 0.5) is 0 Å². The van der Waals surface area contributed by atoms with Crippen LogP contribution in [0.5, 0.6) is 0 Å². The highest BCUT2D eigenvalue weighted by Gasteiger charge is 2.64. The summed E-state index contributed by atoms with van der Waals surface area (Å²) >= 11 is 0. The summed E-state index contributed by atoms with van der Waals surface area (Å²) < 4.78 is 0. The van der Waals surface area contributed by atoms with Crippen LogP contribution in [0.1, 0.15) is 91.4 Å². The molecule has 0 aromatic heterocycles. The van der Waals surface area contributed by atoms with E-state index in [1.807, 2.05) is 0 Å². The van der Waals surface area contributed by atoms with E-state index in [9.17, 15) is 9.90 Å². The maximum absolute atomic E-state index is 12.0. The monoisotopic (exact) mass is 332 g/mol. The van der Waals surface area contributed by atoms with Crippen LogP contribution < -0.4 is 0 Å². The van der Waals surface area contributed by atoms with E-state index >= 15 is 0 Å². The second-order valence-corrected chi connectivity index (χ2v) is 10.2. The molecule has 0 aromatic carbocycles. The highest BCUT2D eigenvalue weighted by atomic mass is 16.3. The van der Waals surface area contributed by atoms with E-state index in [0.29, 0.717) is 23.0 Å². The van der Waals surface area contributed by atoms with Gasteiger partial charge in [-0.1, -0.05) is 27.2 Å². The first kappa shape index (κ1) is 17.1. The number of carbonyl (C=O) groups excluding carboxylic acids is 1. The molecule has 0 spiro atoms. The molecule has 24 heavy (non-hydrogen) atoms. The summed E-state index contributed by atoms with van der Waals surface area (Å²) in [6, 6.07) is 0. The van der Waals surface area contributed by atoms with E-state index in [4.69, 9.17) is 0 Å². The van der Waals surface area contributed by atoms with Gasteiger partial charge in [0.15, 0.2) is 0 Å². The number of Topliss-reactive ketones (excluding diaryl/α,β-unsaturated/α-hetero) is 1. The molecule has 4 aliphatic rings. The molecule has 0 bridgehead atoms. The fourth-order valence-corrected chi connectivity index (χ4v) is 7.98. The number of fused-ring (bicyclic) bond motifs is 5. The predicted octanol–water partition coefficient (Wildman–Crippen LogP) is 5.13. The summed E-state index contributed by atoms with van der Waals surface area (Å²) in [6.07, 6.45) is 12.2. The van der Waals surface area contributed by atoms with Crippen molar-refractivity contribution in [3.05, 3.63) is 0 Å². The summed E-state index contributed by atoms with van der Waals surface area (Å²) in [6.45, 7) is 7.14. The zero-order valence-electron chi connectivity index (χ0n) is 15.9. The Morgan fingerprint density at radius 3 is 2.54 bits per heavy atom. The van der Waals surface area contributed by atoms with Crippen LogP contribution in [0.2, 0.25) is 0 Å². The molecule has 1 N–H and O–H groups in total. The van der Waals surface area contributed by atoms with Crippen molar-refractivity contribution in [3.8, 4) is 0 Å². The van der Waals surface area contributed by atoms with Crippen molar-refractivity contribution in [1.29, 1.82) is 0 Å². The van der Waals surface area contributed by atoms with E-state index < -0.39 is 5.60 Å². The topological polar surface area (TPSA) is 37.3 Å². The van der Waals surface area contributed by atoms with Crippen molar-refractivity contribution in [2.45, 2.75) is 97.0 Å². The summed E-state index contributed by atoms with van der Waals surface area (Å²) in [5.74, 6) is 3.45. The minimum absolute atomic E-state index is 0.137. The second-order valence-electron chi connectivity index (χ2n) is 10.2. The highest BCUT2D eigenvalue weighted by Crippen LogP contribution is 2.68. The molecule has 0 radical (unpaired) electrons. The maximum Gasteiger partial charge on any atom is 0.133 e. The minimum atomic E-state index is -0.419. The van der Waals surface area contributed by atoms with Gasteiger partial charge in [0.25, 0.3) is 0 Å². The number of carbonyl (C=O) groups is 1. The molecule has 4 aliphatic carbocycles. The molecule has 0 amide bonds. The van der Waals surface area contributed by atoms with Crippen molar-refractivity contribution in [2.24, 2.45) is 34.5 Å². The van der Waals surface area contributed by atoms with Gasteiger partial charge in [-0.15, -0.1) is 0 Å². The van der Waals surface area contributed by atoms with Crippen LogP contribution in [-0.4, -0.2) is 16.5 Å². The Balaban J connectivity index is 1.62. The Kier molecular flexibility index (Phi) is 3.95. The molecule has 4 fully saturated rings. The number of rotatable bonds is 2. The molecule has 2 heteroatoms. The van der Waals surface area contributed by atoms with Gasteiger partial charge < -0.3 is 5.11 Å². The van der Waals surface area contributed by atoms with Gasteiger partial charge in [0.1, 0.15) is 5.78 Å². The van der Waals surface area contributed by atoms with Crippen molar-refractivity contribution in [1.82, 2.24) is 0 Å². The molecular weight excluding hydrogens is 296 g/mol. The molecule has 136 valence electrons. The quantitative estimate of drug-likeness (QED) is 0.761. The van der Waals surface area contributed by atoms with Crippen molar-refractivity contribution >= 4 is 5.78 Å². The van der Waals surface area contributed by atoms with Crippen molar-refractivity contribution in [3.63, 3.8) is 0 Å². The van der Waals surface area contributed by atoms with Gasteiger partial charge in [-0.3, -0.25) is 4.79 Å². The Morgan fingerprint density at radius 2 is 1.79 bits per heavy atom. The van der Waals surface area contributed by atoms with Crippen molar-refractivity contribution in [2.75, 3.05) is 0 Å². The van der Waals surface area contributed by atoms with Crippen molar-refractivity contribution < 1.29 is 9.90 Å². The van der Waals surface area contributed by atoms with Crippen LogP contribution in [0.25, 0.3) is 0 Å². The molecule has 7 atom stereocenters. The number of hydrogen-bond donors (Lipinski definition) is 1. The highest BCUT2D eigenvalue weighted by molar-refractivity contribution is 5.79. The summed E-state index contributed by atoms with van der Waals surface area (Å²) in [4.78, 5) is 12.0. The Hall–Kier alpha value is -0.370.